The minimum absolute atomic E-state index is 0.250. The summed E-state index contributed by atoms with van der Waals surface area (Å²) in [4.78, 5) is 20.7. The van der Waals surface area contributed by atoms with Gasteiger partial charge in [0.05, 0.1) is 12.4 Å². The maximum absolute atomic E-state index is 12.3. The van der Waals surface area contributed by atoms with E-state index in [-0.39, 0.29) is 5.91 Å². The number of carbonyl (C=O) groups is 1. The van der Waals surface area contributed by atoms with E-state index in [0.717, 1.165) is 23.2 Å². The third kappa shape index (κ3) is 3.81. The lowest BCUT2D eigenvalue weighted by atomic mass is 10.1. The summed E-state index contributed by atoms with van der Waals surface area (Å²) >= 11 is 0. The first-order chi connectivity index (χ1) is 10.5. The molecular weight excluding hydrogens is 276 g/mol. The molecule has 0 radical (unpaired) electrons. The second kappa shape index (κ2) is 7.02. The van der Waals surface area contributed by atoms with Gasteiger partial charge >= 0.3 is 0 Å². The fraction of sp³-hybridized carbons (Fsp3) is 0.353. The number of amides is 1. The minimum atomic E-state index is -0.250. The number of aromatic nitrogens is 2. The molecular formula is C17H22N4O. The zero-order valence-corrected chi connectivity index (χ0v) is 13.5. The molecule has 2 rings (SSSR count). The summed E-state index contributed by atoms with van der Waals surface area (Å²) in [5.74, 6) is 0.429. The molecule has 2 aromatic rings. The van der Waals surface area contributed by atoms with E-state index in [2.05, 4.69) is 34.4 Å². The summed E-state index contributed by atoms with van der Waals surface area (Å²) in [5.41, 5.74) is 3.18. The average molecular weight is 298 g/mol. The molecule has 1 aromatic heterocycles. The van der Waals surface area contributed by atoms with Crippen molar-refractivity contribution in [1.29, 1.82) is 0 Å². The number of benzene rings is 1. The molecule has 2 N–H and O–H groups in total. The summed E-state index contributed by atoms with van der Waals surface area (Å²) < 4.78 is 0. The van der Waals surface area contributed by atoms with Crippen molar-refractivity contribution in [2.24, 2.45) is 0 Å². The number of para-hydroxylation sites is 1. The number of aryl methyl sites for hydroxylation is 2. The van der Waals surface area contributed by atoms with Gasteiger partial charge in [-0.15, -0.1) is 0 Å². The van der Waals surface area contributed by atoms with Gasteiger partial charge in [-0.05, 0) is 38.3 Å². The Kier molecular flexibility index (Phi) is 5.09. The normalized spacial score (nSPS) is 11.8. The first-order valence-electron chi connectivity index (χ1n) is 7.47. The van der Waals surface area contributed by atoms with Crippen LogP contribution in [0.2, 0.25) is 0 Å². The Morgan fingerprint density at radius 3 is 2.41 bits per heavy atom. The third-order valence-corrected chi connectivity index (χ3v) is 3.61. The van der Waals surface area contributed by atoms with Crippen LogP contribution in [0.25, 0.3) is 0 Å². The topological polar surface area (TPSA) is 66.9 Å². The molecule has 1 aromatic carbocycles. The highest BCUT2D eigenvalue weighted by Gasteiger charge is 2.11. The number of carbonyl (C=O) groups excluding carboxylic acids is 1. The number of hydrogen-bond donors (Lipinski definition) is 2. The van der Waals surface area contributed by atoms with E-state index in [1.807, 2.05) is 32.0 Å². The lowest BCUT2D eigenvalue weighted by molar-refractivity contribution is 0.102. The summed E-state index contributed by atoms with van der Waals surface area (Å²) in [6.45, 7) is 8.10. The molecule has 0 aliphatic rings. The molecule has 22 heavy (non-hydrogen) atoms. The van der Waals surface area contributed by atoms with Crippen LogP contribution in [0.1, 0.15) is 41.9 Å². The Morgan fingerprint density at radius 2 is 1.86 bits per heavy atom. The van der Waals surface area contributed by atoms with Crippen LogP contribution < -0.4 is 10.6 Å². The average Bonchev–Trinajstić information content (AvgIpc) is 2.51. The first-order valence-corrected chi connectivity index (χ1v) is 7.47. The standard InChI is InChI=1S/C17H22N4O/c1-5-13(4)20-15-10-18-14(9-19-15)17(22)21-16-11(2)7-6-8-12(16)3/h6-10,13H,5H2,1-4H3,(H,19,20)(H,21,22). The quantitative estimate of drug-likeness (QED) is 0.885. The largest absolute Gasteiger partial charge is 0.366 e. The number of nitrogens with zero attached hydrogens (tertiary/aromatic N) is 2. The van der Waals surface area contributed by atoms with E-state index in [1.54, 1.807) is 6.20 Å². The molecule has 0 saturated carbocycles. The lowest BCUT2D eigenvalue weighted by Crippen LogP contribution is -2.18. The monoisotopic (exact) mass is 298 g/mol. The smallest absolute Gasteiger partial charge is 0.275 e. The van der Waals surface area contributed by atoms with Crippen molar-refractivity contribution in [2.75, 3.05) is 10.6 Å². The fourth-order valence-electron chi connectivity index (χ4n) is 2.06. The van der Waals surface area contributed by atoms with Crippen LogP contribution in [-0.2, 0) is 0 Å². The predicted molar refractivity (Wildman–Crippen MR) is 89.3 cm³/mol. The van der Waals surface area contributed by atoms with E-state index in [4.69, 9.17) is 0 Å². The van der Waals surface area contributed by atoms with Crippen molar-refractivity contribution in [3.63, 3.8) is 0 Å². The fourth-order valence-corrected chi connectivity index (χ4v) is 2.06. The Labute approximate surface area is 131 Å². The van der Waals surface area contributed by atoms with E-state index >= 15 is 0 Å². The third-order valence-electron chi connectivity index (χ3n) is 3.61. The molecule has 1 heterocycles. The summed E-state index contributed by atoms with van der Waals surface area (Å²) in [6, 6.07) is 6.22. The second-order valence-electron chi connectivity index (χ2n) is 5.46. The van der Waals surface area contributed by atoms with Gasteiger partial charge < -0.3 is 10.6 Å². The van der Waals surface area contributed by atoms with Crippen LogP contribution in [-0.4, -0.2) is 21.9 Å². The van der Waals surface area contributed by atoms with Gasteiger partial charge in [0.25, 0.3) is 5.91 Å². The maximum atomic E-state index is 12.3. The summed E-state index contributed by atoms with van der Waals surface area (Å²) in [6.07, 6.45) is 4.08. The summed E-state index contributed by atoms with van der Waals surface area (Å²) in [5, 5.41) is 6.12. The van der Waals surface area contributed by atoms with Crippen LogP contribution in [0.5, 0.6) is 0 Å². The van der Waals surface area contributed by atoms with Crippen LogP contribution in [0.3, 0.4) is 0 Å². The molecule has 1 unspecified atom stereocenters. The van der Waals surface area contributed by atoms with E-state index in [9.17, 15) is 4.79 Å². The SMILES string of the molecule is CCC(C)Nc1cnc(C(=O)Nc2c(C)cccc2C)cn1. The minimum Gasteiger partial charge on any atom is -0.366 e. The van der Waals surface area contributed by atoms with Gasteiger partial charge in [0.2, 0.25) is 0 Å². The molecule has 1 amide bonds. The van der Waals surface area contributed by atoms with Crippen LogP contribution in [0.4, 0.5) is 11.5 Å². The predicted octanol–water partition coefficient (Wildman–Crippen LogP) is 3.56. The van der Waals surface area contributed by atoms with Gasteiger partial charge in [0, 0.05) is 11.7 Å². The molecule has 0 aliphatic carbocycles. The molecule has 0 aliphatic heterocycles. The Balaban J connectivity index is 2.10. The van der Waals surface area contributed by atoms with Crippen molar-refractivity contribution >= 4 is 17.4 Å². The van der Waals surface area contributed by atoms with Crippen molar-refractivity contribution in [3.8, 4) is 0 Å². The molecule has 5 nitrogen and oxygen atoms in total. The van der Waals surface area contributed by atoms with E-state index < -0.39 is 0 Å². The Morgan fingerprint density at radius 1 is 1.18 bits per heavy atom. The molecule has 116 valence electrons. The Bertz CT molecular complexity index is 632. The molecule has 0 fully saturated rings. The van der Waals surface area contributed by atoms with E-state index in [1.165, 1.54) is 6.20 Å². The zero-order valence-electron chi connectivity index (χ0n) is 13.5. The number of hydrogen-bond acceptors (Lipinski definition) is 4. The second-order valence-corrected chi connectivity index (χ2v) is 5.46. The van der Waals surface area contributed by atoms with Crippen molar-refractivity contribution in [1.82, 2.24) is 9.97 Å². The van der Waals surface area contributed by atoms with Gasteiger partial charge in [0.15, 0.2) is 0 Å². The Hall–Kier alpha value is -2.43. The molecule has 1 atom stereocenters. The van der Waals surface area contributed by atoms with Crippen LogP contribution in [0, 0.1) is 13.8 Å². The molecule has 0 spiro atoms. The van der Waals surface area contributed by atoms with Crippen molar-refractivity contribution in [2.45, 2.75) is 40.2 Å². The van der Waals surface area contributed by atoms with Gasteiger partial charge in [-0.2, -0.15) is 0 Å². The highest BCUT2D eigenvalue weighted by molar-refractivity contribution is 6.03. The number of nitrogens with one attached hydrogen (secondary N) is 2. The lowest BCUT2D eigenvalue weighted by Gasteiger charge is -2.13. The first kappa shape index (κ1) is 15.9. The van der Waals surface area contributed by atoms with Crippen molar-refractivity contribution < 1.29 is 4.79 Å². The number of anilines is 2. The van der Waals surface area contributed by atoms with Gasteiger partial charge in [-0.25, -0.2) is 9.97 Å². The van der Waals surface area contributed by atoms with Gasteiger partial charge in [-0.1, -0.05) is 25.1 Å². The zero-order chi connectivity index (χ0) is 16.1. The highest BCUT2D eigenvalue weighted by Crippen LogP contribution is 2.20. The van der Waals surface area contributed by atoms with E-state index in [0.29, 0.717) is 17.6 Å². The summed E-state index contributed by atoms with van der Waals surface area (Å²) in [7, 11) is 0. The van der Waals surface area contributed by atoms with Crippen LogP contribution >= 0.6 is 0 Å². The van der Waals surface area contributed by atoms with Gasteiger partial charge in [-0.3, -0.25) is 4.79 Å². The number of rotatable bonds is 5. The molecule has 0 bridgehead atoms. The van der Waals surface area contributed by atoms with Crippen molar-refractivity contribution in [3.05, 3.63) is 47.4 Å². The van der Waals surface area contributed by atoms with Gasteiger partial charge in [0.1, 0.15) is 11.5 Å². The van der Waals surface area contributed by atoms with Crippen LogP contribution in [0.15, 0.2) is 30.6 Å². The highest BCUT2D eigenvalue weighted by atomic mass is 16.1. The maximum Gasteiger partial charge on any atom is 0.275 e. The molecule has 0 saturated heterocycles. The molecule has 5 heteroatoms.